The molecule has 1 aliphatic rings. The fourth-order valence-corrected chi connectivity index (χ4v) is 4.28. The van der Waals surface area contributed by atoms with Crippen LogP contribution in [0.2, 0.25) is 0 Å². The average Bonchev–Trinajstić information content (AvgIpc) is 2.84. The molecule has 12 nitrogen and oxygen atoms in total. The van der Waals surface area contributed by atoms with Crippen LogP contribution >= 0.6 is 0 Å². The molecular weight excluding hydrogens is 528 g/mol. The maximum atomic E-state index is 13.1. The lowest BCUT2D eigenvalue weighted by Gasteiger charge is -2.36. The molecule has 0 amide bonds. The third-order valence-electron chi connectivity index (χ3n) is 6.65. The third-order valence-corrected chi connectivity index (χ3v) is 6.65. The normalized spacial score (nSPS) is 27.1. The Balaban J connectivity index is 3.54. The number of hydrogen-bond acceptors (Lipinski definition) is 12. The molecule has 0 heterocycles. The average molecular weight is 571 g/mol. The van der Waals surface area contributed by atoms with E-state index in [0.29, 0.717) is 5.57 Å². The smallest absolute Gasteiger partial charge is 0.313 e. The van der Waals surface area contributed by atoms with Gasteiger partial charge in [0.15, 0.2) is 6.10 Å². The van der Waals surface area contributed by atoms with Gasteiger partial charge in [0.25, 0.3) is 0 Å². The highest BCUT2D eigenvalue weighted by Gasteiger charge is 2.39. The van der Waals surface area contributed by atoms with Gasteiger partial charge in [-0.15, -0.1) is 0 Å². The standard InChI is InChI=1S/C28H42O12/c1-14(12-36-18(5)29)23-11-26(40-28(35)15(2)17(4)38-20(7)31)16(3)27(39-21(8)32)25(34)10-22(9-24(23)33)13-37-19(6)30/h9,14-15,17,23-27,33-34H,3,10-13H2,1-2,4-8H3/b22-9-/t14-,15-,17+,23-,24-,25-,26-,27-/m1/s1. The van der Waals surface area contributed by atoms with Crippen LogP contribution in [0.5, 0.6) is 0 Å². The maximum absolute atomic E-state index is 13.1. The molecule has 8 atom stereocenters. The second-order valence-electron chi connectivity index (χ2n) is 10.2. The molecule has 12 heteroatoms. The van der Waals surface area contributed by atoms with Crippen molar-refractivity contribution in [1.29, 1.82) is 0 Å². The Kier molecular flexibility index (Phi) is 14.0. The van der Waals surface area contributed by atoms with E-state index < -0.39 is 78.1 Å². The van der Waals surface area contributed by atoms with Crippen molar-refractivity contribution in [2.24, 2.45) is 17.8 Å². The number of rotatable bonds is 10. The van der Waals surface area contributed by atoms with E-state index in [1.165, 1.54) is 40.7 Å². The van der Waals surface area contributed by atoms with Crippen molar-refractivity contribution in [2.45, 2.75) is 91.8 Å². The van der Waals surface area contributed by atoms with Crippen LogP contribution in [-0.4, -0.2) is 83.8 Å². The molecule has 40 heavy (non-hydrogen) atoms. The predicted octanol–water partition coefficient (Wildman–Crippen LogP) is 1.79. The lowest BCUT2D eigenvalue weighted by molar-refractivity contribution is -0.163. The van der Waals surface area contributed by atoms with E-state index in [1.807, 2.05) is 0 Å². The molecule has 0 spiro atoms. The van der Waals surface area contributed by atoms with Gasteiger partial charge in [0, 0.05) is 39.7 Å². The number of hydrogen-bond donors (Lipinski definition) is 2. The van der Waals surface area contributed by atoms with Crippen LogP contribution in [0.4, 0.5) is 0 Å². The summed E-state index contributed by atoms with van der Waals surface area (Å²) < 4.78 is 26.5. The van der Waals surface area contributed by atoms with Crippen molar-refractivity contribution in [3.63, 3.8) is 0 Å². The Morgan fingerprint density at radius 1 is 0.925 bits per heavy atom. The van der Waals surface area contributed by atoms with Crippen LogP contribution < -0.4 is 0 Å². The second kappa shape index (κ2) is 16.1. The largest absolute Gasteiger partial charge is 0.466 e. The van der Waals surface area contributed by atoms with Gasteiger partial charge in [-0.2, -0.15) is 0 Å². The Hall–Kier alpha value is -3.25. The highest BCUT2D eigenvalue weighted by Crippen LogP contribution is 2.33. The van der Waals surface area contributed by atoms with E-state index >= 15 is 0 Å². The molecule has 0 radical (unpaired) electrons. The summed E-state index contributed by atoms with van der Waals surface area (Å²) >= 11 is 0. The number of ether oxygens (including phenoxy) is 5. The van der Waals surface area contributed by atoms with Crippen molar-refractivity contribution in [2.75, 3.05) is 13.2 Å². The summed E-state index contributed by atoms with van der Waals surface area (Å²) in [4.78, 5) is 59.3. The minimum absolute atomic E-state index is 0.0500. The first-order valence-corrected chi connectivity index (χ1v) is 13.1. The van der Waals surface area contributed by atoms with Crippen molar-refractivity contribution in [1.82, 2.24) is 0 Å². The lowest BCUT2D eigenvalue weighted by Crippen LogP contribution is -2.43. The van der Waals surface area contributed by atoms with Crippen molar-refractivity contribution < 1.29 is 57.9 Å². The Labute approximate surface area is 234 Å². The molecule has 0 unspecified atom stereocenters. The molecule has 0 saturated carbocycles. The van der Waals surface area contributed by atoms with Crippen LogP contribution in [0.15, 0.2) is 23.8 Å². The highest BCUT2D eigenvalue weighted by molar-refractivity contribution is 5.74. The van der Waals surface area contributed by atoms with Crippen LogP contribution in [0.1, 0.15) is 61.3 Å². The predicted molar refractivity (Wildman–Crippen MR) is 140 cm³/mol. The molecule has 226 valence electrons. The number of carbonyl (C=O) groups excluding carboxylic acids is 5. The molecule has 0 aromatic carbocycles. The van der Waals surface area contributed by atoms with Gasteiger partial charge < -0.3 is 33.9 Å². The van der Waals surface area contributed by atoms with Crippen LogP contribution in [0.25, 0.3) is 0 Å². The summed E-state index contributed by atoms with van der Waals surface area (Å²) in [5, 5.41) is 22.3. The van der Waals surface area contributed by atoms with E-state index in [0.717, 1.165) is 6.92 Å². The van der Waals surface area contributed by atoms with E-state index in [2.05, 4.69) is 6.58 Å². The molecule has 0 saturated heterocycles. The quantitative estimate of drug-likeness (QED) is 0.222. The Morgan fingerprint density at radius 2 is 1.52 bits per heavy atom. The van der Waals surface area contributed by atoms with Gasteiger partial charge in [0.2, 0.25) is 0 Å². The molecule has 1 rings (SSSR count). The fourth-order valence-electron chi connectivity index (χ4n) is 4.28. The third kappa shape index (κ3) is 11.5. The molecule has 0 aliphatic heterocycles. The molecule has 0 bridgehead atoms. The zero-order valence-corrected chi connectivity index (χ0v) is 24.2. The van der Waals surface area contributed by atoms with Gasteiger partial charge in [-0.3, -0.25) is 24.0 Å². The zero-order chi connectivity index (χ0) is 30.7. The number of aliphatic hydroxyl groups is 2. The summed E-state index contributed by atoms with van der Waals surface area (Å²) in [6.45, 7) is 13.3. The summed E-state index contributed by atoms with van der Waals surface area (Å²) in [6, 6.07) is 0. The minimum atomic E-state index is -1.39. The Bertz CT molecular complexity index is 970. The van der Waals surface area contributed by atoms with Crippen molar-refractivity contribution in [3.05, 3.63) is 23.8 Å². The number of aliphatic hydroxyl groups excluding tert-OH is 2. The number of carbonyl (C=O) groups is 5. The summed E-state index contributed by atoms with van der Waals surface area (Å²) in [6.07, 6.45) is -4.72. The van der Waals surface area contributed by atoms with Gasteiger partial charge in [0.1, 0.15) is 18.8 Å². The molecule has 0 fully saturated rings. The summed E-state index contributed by atoms with van der Waals surface area (Å²) in [5.41, 5.74) is 0.401. The molecule has 0 aromatic rings. The van der Waals surface area contributed by atoms with E-state index in [-0.39, 0.29) is 31.6 Å². The van der Waals surface area contributed by atoms with Gasteiger partial charge in [-0.05, 0) is 37.7 Å². The maximum Gasteiger partial charge on any atom is 0.313 e. The van der Waals surface area contributed by atoms with Gasteiger partial charge >= 0.3 is 29.8 Å². The summed E-state index contributed by atoms with van der Waals surface area (Å²) in [5.74, 6) is -5.20. The van der Waals surface area contributed by atoms with Crippen LogP contribution in [-0.2, 0) is 47.7 Å². The van der Waals surface area contributed by atoms with Crippen molar-refractivity contribution in [3.8, 4) is 0 Å². The van der Waals surface area contributed by atoms with E-state index in [4.69, 9.17) is 23.7 Å². The molecular formula is C28H42O12. The minimum Gasteiger partial charge on any atom is -0.466 e. The van der Waals surface area contributed by atoms with E-state index in [9.17, 15) is 34.2 Å². The first kappa shape index (κ1) is 34.8. The van der Waals surface area contributed by atoms with Gasteiger partial charge in [-0.1, -0.05) is 19.6 Å². The van der Waals surface area contributed by atoms with Crippen molar-refractivity contribution >= 4 is 29.8 Å². The second-order valence-corrected chi connectivity index (χ2v) is 10.2. The van der Waals surface area contributed by atoms with Crippen LogP contribution in [0.3, 0.4) is 0 Å². The lowest BCUT2D eigenvalue weighted by atomic mass is 9.79. The summed E-state index contributed by atoms with van der Waals surface area (Å²) in [7, 11) is 0. The Morgan fingerprint density at radius 3 is 2.05 bits per heavy atom. The van der Waals surface area contributed by atoms with Crippen LogP contribution in [0, 0.1) is 17.8 Å². The fraction of sp³-hybridized carbons (Fsp3) is 0.679. The first-order chi connectivity index (χ1) is 18.5. The topological polar surface area (TPSA) is 172 Å². The highest BCUT2D eigenvalue weighted by atomic mass is 16.6. The molecule has 1 aliphatic carbocycles. The van der Waals surface area contributed by atoms with E-state index in [1.54, 1.807) is 6.92 Å². The molecule has 0 aromatic heterocycles. The first-order valence-electron chi connectivity index (χ1n) is 13.1. The zero-order valence-electron chi connectivity index (χ0n) is 24.2. The SMILES string of the molecule is C=C1[C@@H](OC(C)=O)[C@H](O)C/C(COC(C)=O)=C/[C@@H](O)[C@@H]([C@H](C)COC(C)=O)C[C@H]1OC(=O)[C@H](C)[C@H](C)OC(C)=O. The van der Waals surface area contributed by atoms with Gasteiger partial charge in [0.05, 0.1) is 24.7 Å². The monoisotopic (exact) mass is 570 g/mol. The number of esters is 5. The van der Waals surface area contributed by atoms with Gasteiger partial charge in [-0.25, -0.2) is 0 Å². The molecule has 2 N–H and O–H groups in total.